The number of pyridine rings is 1. The van der Waals surface area contributed by atoms with Crippen LogP contribution in [0.5, 0.6) is 0 Å². The van der Waals surface area contributed by atoms with Crippen LogP contribution >= 0.6 is 0 Å². The third kappa shape index (κ3) is 5.22. The predicted molar refractivity (Wildman–Crippen MR) is 106 cm³/mol. The van der Waals surface area contributed by atoms with Gasteiger partial charge in [0.05, 0.1) is 22.5 Å². The number of benzene rings is 2. The van der Waals surface area contributed by atoms with E-state index in [1.165, 1.54) is 25.1 Å². The molecule has 3 rings (SSSR count). The van der Waals surface area contributed by atoms with Crippen molar-refractivity contribution in [2.45, 2.75) is 19.2 Å². The summed E-state index contributed by atoms with van der Waals surface area (Å²) in [5.41, 5.74) is -0.126. The summed E-state index contributed by atoms with van der Waals surface area (Å²) < 4.78 is 44.0. The van der Waals surface area contributed by atoms with Gasteiger partial charge in [-0.3, -0.25) is 4.79 Å². The Bertz CT molecular complexity index is 1110. The monoisotopic (exact) mass is 414 g/mol. The number of carbonyl (C=O) groups excluding carboxylic acids is 2. The number of amides is 1. The predicted octanol–water partition coefficient (Wildman–Crippen LogP) is 4.84. The molecular formula is C22H17F3N2O3. The topological polar surface area (TPSA) is 68.3 Å². The molecule has 8 heteroatoms. The number of ether oxygens (including phenoxy) is 1. The zero-order valence-electron chi connectivity index (χ0n) is 15.8. The van der Waals surface area contributed by atoms with Crippen molar-refractivity contribution >= 4 is 34.5 Å². The van der Waals surface area contributed by atoms with Crippen molar-refractivity contribution in [3.63, 3.8) is 0 Å². The second-order valence-corrected chi connectivity index (χ2v) is 6.37. The van der Waals surface area contributed by atoms with Gasteiger partial charge in [-0.1, -0.05) is 36.4 Å². The molecule has 0 fully saturated rings. The molecule has 30 heavy (non-hydrogen) atoms. The Morgan fingerprint density at radius 3 is 2.50 bits per heavy atom. The van der Waals surface area contributed by atoms with Gasteiger partial charge in [-0.25, -0.2) is 9.78 Å². The Morgan fingerprint density at radius 2 is 1.73 bits per heavy atom. The van der Waals surface area contributed by atoms with Crippen LogP contribution in [0.1, 0.15) is 18.2 Å². The highest BCUT2D eigenvalue weighted by molar-refractivity contribution is 5.97. The first-order chi connectivity index (χ1) is 14.2. The first kappa shape index (κ1) is 21.0. The smallest absolute Gasteiger partial charge is 0.418 e. The Kier molecular flexibility index (Phi) is 6.15. The molecule has 2 aromatic carbocycles. The molecular weight excluding hydrogens is 397 g/mol. The molecule has 0 aliphatic rings. The van der Waals surface area contributed by atoms with Gasteiger partial charge in [-0.15, -0.1) is 0 Å². The van der Waals surface area contributed by atoms with Crippen molar-refractivity contribution in [3.05, 3.63) is 78.0 Å². The molecule has 1 heterocycles. The molecule has 0 aliphatic carbocycles. The standard InChI is InChI=1S/C22H17F3N2O3/c1-14(21(29)27-19-9-5-3-7-17(19)22(23,24)25)30-20(28)13-12-16-11-10-15-6-2-4-8-18(15)26-16/h2-14H,1H3,(H,27,29)/b13-12+. The van der Waals surface area contributed by atoms with E-state index in [1.807, 2.05) is 30.3 Å². The summed E-state index contributed by atoms with van der Waals surface area (Å²) in [5.74, 6) is -1.70. The van der Waals surface area contributed by atoms with Crippen LogP contribution in [0.25, 0.3) is 17.0 Å². The van der Waals surface area contributed by atoms with Crippen LogP contribution in [-0.2, 0) is 20.5 Å². The lowest BCUT2D eigenvalue weighted by atomic mass is 10.1. The number of halogens is 3. The second-order valence-electron chi connectivity index (χ2n) is 6.37. The van der Waals surface area contributed by atoms with Crippen LogP contribution < -0.4 is 5.32 Å². The van der Waals surface area contributed by atoms with Gasteiger partial charge in [0.25, 0.3) is 5.91 Å². The van der Waals surface area contributed by atoms with Crippen LogP contribution in [0.3, 0.4) is 0 Å². The second kappa shape index (κ2) is 8.77. The van der Waals surface area contributed by atoms with Crippen LogP contribution in [0, 0.1) is 0 Å². The average molecular weight is 414 g/mol. The number of hydrogen-bond acceptors (Lipinski definition) is 4. The molecule has 1 amide bonds. The highest BCUT2D eigenvalue weighted by atomic mass is 19.4. The lowest BCUT2D eigenvalue weighted by Gasteiger charge is -2.16. The fraction of sp³-hybridized carbons (Fsp3) is 0.136. The minimum absolute atomic E-state index is 0.409. The molecule has 1 aromatic heterocycles. The highest BCUT2D eigenvalue weighted by Gasteiger charge is 2.34. The van der Waals surface area contributed by atoms with Crippen LogP contribution in [0.2, 0.25) is 0 Å². The lowest BCUT2D eigenvalue weighted by molar-refractivity contribution is -0.148. The maximum absolute atomic E-state index is 13.0. The van der Waals surface area contributed by atoms with E-state index in [9.17, 15) is 22.8 Å². The highest BCUT2D eigenvalue weighted by Crippen LogP contribution is 2.34. The zero-order chi connectivity index (χ0) is 21.7. The van der Waals surface area contributed by atoms with E-state index in [0.29, 0.717) is 5.69 Å². The van der Waals surface area contributed by atoms with Gasteiger partial charge in [0, 0.05) is 11.5 Å². The molecule has 0 saturated carbocycles. The quantitative estimate of drug-likeness (QED) is 0.479. The summed E-state index contributed by atoms with van der Waals surface area (Å²) in [5, 5.41) is 3.09. The number of nitrogens with zero attached hydrogens (tertiary/aromatic N) is 1. The molecule has 154 valence electrons. The maximum Gasteiger partial charge on any atom is 0.418 e. The molecule has 3 aromatic rings. The first-order valence-electron chi connectivity index (χ1n) is 8.95. The zero-order valence-corrected chi connectivity index (χ0v) is 15.8. The molecule has 0 aliphatic heterocycles. The fourth-order valence-electron chi connectivity index (χ4n) is 2.67. The number of para-hydroxylation sites is 2. The van der Waals surface area contributed by atoms with E-state index in [1.54, 1.807) is 6.07 Å². The Labute approximate surface area is 170 Å². The van der Waals surface area contributed by atoms with E-state index in [0.717, 1.165) is 29.1 Å². The number of rotatable bonds is 5. The van der Waals surface area contributed by atoms with Crippen LogP contribution in [0.4, 0.5) is 18.9 Å². The van der Waals surface area contributed by atoms with Gasteiger partial charge in [0.1, 0.15) is 0 Å². The average Bonchev–Trinajstić information content (AvgIpc) is 2.71. The minimum Gasteiger partial charge on any atom is -0.449 e. The number of alkyl halides is 3. The van der Waals surface area contributed by atoms with Gasteiger partial charge in [0.15, 0.2) is 6.10 Å². The maximum atomic E-state index is 13.0. The molecule has 0 radical (unpaired) electrons. The lowest BCUT2D eigenvalue weighted by Crippen LogP contribution is -2.30. The van der Waals surface area contributed by atoms with Gasteiger partial charge < -0.3 is 10.1 Å². The molecule has 0 spiro atoms. The van der Waals surface area contributed by atoms with Gasteiger partial charge in [-0.05, 0) is 37.3 Å². The molecule has 0 saturated heterocycles. The van der Waals surface area contributed by atoms with Gasteiger partial charge in [-0.2, -0.15) is 13.2 Å². The van der Waals surface area contributed by atoms with Crippen LogP contribution in [0.15, 0.2) is 66.7 Å². The SMILES string of the molecule is CC(OC(=O)/C=C/c1ccc2ccccc2n1)C(=O)Nc1ccccc1C(F)(F)F. The number of anilines is 1. The third-order valence-electron chi connectivity index (χ3n) is 4.16. The number of esters is 1. The van der Waals surface area contributed by atoms with Crippen molar-refractivity contribution in [2.75, 3.05) is 5.32 Å². The molecule has 1 atom stereocenters. The first-order valence-corrected chi connectivity index (χ1v) is 8.95. The largest absolute Gasteiger partial charge is 0.449 e. The van der Waals surface area contributed by atoms with E-state index >= 15 is 0 Å². The summed E-state index contributed by atoms with van der Waals surface area (Å²) in [4.78, 5) is 28.5. The molecule has 0 bridgehead atoms. The Balaban J connectivity index is 1.62. The van der Waals surface area contributed by atoms with Crippen LogP contribution in [-0.4, -0.2) is 23.0 Å². The Hall–Kier alpha value is -3.68. The number of carbonyl (C=O) groups is 2. The van der Waals surface area contributed by atoms with Crippen molar-refractivity contribution in [3.8, 4) is 0 Å². The van der Waals surface area contributed by atoms with Crippen molar-refractivity contribution in [2.24, 2.45) is 0 Å². The molecule has 1 unspecified atom stereocenters. The van der Waals surface area contributed by atoms with Gasteiger partial charge >= 0.3 is 12.1 Å². The Morgan fingerprint density at radius 1 is 1.03 bits per heavy atom. The van der Waals surface area contributed by atoms with E-state index in [4.69, 9.17) is 4.74 Å². The molecule has 5 nitrogen and oxygen atoms in total. The van der Waals surface area contributed by atoms with Crippen molar-refractivity contribution in [1.29, 1.82) is 0 Å². The summed E-state index contributed by atoms with van der Waals surface area (Å²) in [6, 6.07) is 15.6. The summed E-state index contributed by atoms with van der Waals surface area (Å²) in [6.45, 7) is 1.27. The summed E-state index contributed by atoms with van der Waals surface area (Å²) >= 11 is 0. The normalized spacial score (nSPS) is 12.7. The summed E-state index contributed by atoms with van der Waals surface area (Å²) in [7, 11) is 0. The third-order valence-corrected chi connectivity index (χ3v) is 4.16. The van der Waals surface area contributed by atoms with Crippen molar-refractivity contribution in [1.82, 2.24) is 4.98 Å². The fourth-order valence-corrected chi connectivity index (χ4v) is 2.67. The minimum atomic E-state index is -4.63. The van der Waals surface area contributed by atoms with Crippen molar-refractivity contribution < 1.29 is 27.5 Å². The van der Waals surface area contributed by atoms with E-state index in [-0.39, 0.29) is 0 Å². The number of aromatic nitrogens is 1. The van der Waals surface area contributed by atoms with E-state index < -0.39 is 35.4 Å². The van der Waals surface area contributed by atoms with E-state index in [2.05, 4.69) is 10.3 Å². The number of fused-ring (bicyclic) bond motifs is 1. The summed E-state index contributed by atoms with van der Waals surface area (Å²) in [6.07, 6.45) is -3.39. The molecule has 1 N–H and O–H groups in total. The van der Waals surface area contributed by atoms with Gasteiger partial charge in [0.2, 0.25) is 0 Å². The number of nitrogens with one attached hydrogen (secondary N) is 1. The number of hydrogen-bond donors (Lipinski definition) is 1.